The lowest BCUT2D eigenvalue weighted by Gasteiger charge is -2.29. The molecule has 0 amide bonds. The van der Waals surface area contributed by atoms with Crippen LogP contribution in [0.15, 0.2) is 24.3 Å². The number of likely N-dealkylation sites (N-methyl/N-ethyl adjacent to an activating group) is 1. The van der Waals surface area contributed by atoms with E-state index in [4.69, 9.17) is 0 Å². The molecule has 17 heavy (non-hydrogen) atoms. The third kappa shape index (κ3) is 2.01. The molecule has 2 aliphatic rings. The second kappa shape index (κ2) is 4.81. The lowest BCUT2D eigenvalue weighted by atomic mass is 9.83. The van der Waals surface area contributed by atoms with Crippen molar-refractivity contribution < 1.29 is 0 Å². The molecule has 0 bridgehead atoms. The predicted molar refractivity (Wildman–Crippen MR) is 72.3 cm³/mol. The number of fused-ring (bicyclic) bond motifs is 1. The molecular formula is C16H23N. The highest BCUT2D eigenvalue weighted by Crippen LogP contribution is 2.41. The molecule has 1 heteroatoms. The van der Waals surface area contributed by atoms with Crippen molar-refractivity contribution in [3.63, 3.8) is 0 Å². The van der Waals surface area contributed by atoms with Crippen molar-refractivity contribution in [2.24, 2.45) is 5.92 Å². The average molecular weight is 229 g/mol. The van der Waals surface area contributed by atoms with Gasteiger partial charge in [0, 0.05) is 12.0 Å². The van der Waals surface area contributed by atoms with Gasteiger partial charge in [0.2, 0.25) is 0 Å². The molecule has 0 aliphatic heterocycles. The first-order valence-electron chi connectivity index (χ1n) is 7.15. The molecule has 0 saturated heterocycles. The Kier molecular flexibility index (Phi) is 3.19. The van der Waals surface area contributed by atoms with E-state index in [1.165, 1.54) is 38.5 Å². The van der Waals surface area contributed by atoms with Gasteiger partial charge in [0.05, 0.1) is 0 Å². The highest BCUT2D eigenvalue weighted by atomic mass is 14.9. The largest absolute Gasteiger partial charge is 0.316 e. The summed E-state index contributed by atoms with van der Waals surface area (Å²) in [6.07, 6.45) is 8.38. The fourth-order valence-corrected chi connectivity index (χ4v) is 4.05. The third-order valence-corrected chi connectivity index (χ3v) is 4.85. The molecule has 0 radical (unpaired) electrons. The number of rotatable bonds is 3. The van der Waals surface area contributed by atoms with Gasteiger partial charge in [-0.15, -0.1) is 0 Å². The molecule has 3 rings (SSSR count). The van der Waals surface area contributed by atoms with Gasteiger partial charge in [0.1, 0.15) is 0 Å². The smallest absolute Gasteiger partial charge is 0.0161 e. The fraction of sp³-hybridized carbons (Fsp3) is 0.625. The van der Waals surface area contributed by atoms with Crippen molar-refractivity contribution in [3.8, 4) is 0 Å². The van der Waals surface area contributed by atoms with Crippen LogP contribution in [0.25, 0.3) is 0 Å². The fourth-order valence-electron chi connectivity index (χ4n) is 4.05. The highest BCUT2D eigenvalue weighted by Gasteiger charge is 2.34. The van der Waals surface area contributed by atoms with Crippen molar-refractivity contribution in [1.29, 1.82) is 0 Å². The Hall–Kier alpha value is -0.820. The summed E-state index contributed by atoms with van der Waals surface area (Å²) in [4.78, 5) is 0. The minimum atomic E-state index is 0.709. The van der Waals surface area contributed by atoms with Gasteiger partial charge in [0.15, 0.2) is 0 Å². The van der Waals surface area contributed by atoms with Crippen LogP contribution in [0.4, 0.5) is 0 Å². The van der Waals surface area contributed by atoms with Crippen LogP contribution in [0.1, 0.15) is 49.1 Å². The zero-order chi connectivity index (χ0) is 11.7. The maximum atomic E-state index is 3.63. The molecule has 0 aromatic heterocycles. The van der Waals surface area contributed by atoms with Gasteiger partial charge < -0.3 is 5.32 Å². The van der Waals surface area contributed by atoms with Crippen LogP contribution in [-0.4, -0.2) is 13.1 Å². The summed E-state index contributed by atoms with van der Waals surface area (Å²) in [6, 6.07) is 9.77. The van der Waals surface area contributed by atoms with Gasteiger partial charge in [0.25, 0.3) is 0 Å². The van der Waals surface area contributed by atoms with Crippen LogP contribution < -0.4 is 5.32 Å². The van der Waals surface area contributed by atoms with Crippen molar-refractivity contribution in [2.45, 2.75) is 50.5 Å². The Bertz CT molecular complexity index is 379. The Morgan fingerprint density at radius 1 is 1.12 bits per heavy atom. The van der Waals surface area contributed by atoms with Crippen LogP contribution in [0, 0.1) is 5.92 Å². The molecule has 2 unspecified atom stereocenters. The molecule has 1 saturated carbocycles. The monoisotopic (exact) mass is 229 g/mol. The lowest BCUT2D eigenvalue weighted by Crippen LogP contribution is -2.37. The maximum Gasteiger partial charge on any atom is 0.0161 e. The second-order valence-corrected chi connectivity index (χ2v) is 5.70. The van der Waals surface area contributed by atoms with Gasteiger partial charge in [-0.2, -0.15) is 0 Å². The summed E-state index contributed by atoms with van der Waals surface area (Å²) < 4.78 is 0. The van der Waals surface area contributed by atoms with E-state index in [1.807, 2.05) is 0 Å². The Morgan fingerprint density at radius 2 is 1.88 bits per heavy atom. The molecule has 1 aromatic carbocycles. The van der Waals surface area contributed by atoms with E-state index in [1.54, 1.807) is 11.1 Å². The minimum Gasteiger partial charge on any atom is -0.316 e. The first-order valence-corrected chi connectivity index (χ1v) is 7.15. The van der Waals surface area contributed by atoms with Gasteiger partial charge in [-0.1, -0.05) is 37.1 Å². The predicted octanol–water partition coefficient (Wildman–Crippen LogP) is 3.49. The molecule has 2 aliphatic carbocycles. The van der Waals surface area contributed by atoms with Crippen molar-refractivity contribution in [3.05, 3.63) is 35.4 Å². The molecule has 1 nitrogen and oxygen atoms in total. The van der Waals surface area contributed by atoms with Gasteiger partial charge in [-0.25, -0.2) is 0 Å². The summed E-state index contributed by atoms with van der Waals surface area (Å²) in [6.45, 7) is 0. The molecule has 92 valence electrons. The summed E-state index contributed by atoms with van der Waals surface area (Å²) in [7, 11) is 2.16. The van der Waals surface area contributed by atoms with E-state index in [9.17, 15) is 0 Å². The van der Waals surface area contributed by atoms with E-state index in [2.05, 4.69) is 36.6 Å². The van der Waals surface area contributed by atoms with Crippen LogP contribution in [0.2, 0.25) is 0 Å². The van der Waals surface area contributed by atoms with E-state index < -0.39 is 0 Å². The maximum absolute atomic E-state index is 3.63. The van der Waals surface area contributed by atoms with Crippen molar-refractivity contribution >= 4 is 0 Å². The molecule has 2 atom stereocenters. The van der Waals surface area contributed by atoms with Crippen LogP contribution >= 0.6 is 0 Å². The molecule has 1 fully saturated rings. The number of nitrogens with one attached hydrogen (secondary N) is 1. The molecule has 0 spiro atoms. The SMILES string of the molecule is CNC(C1CCCC1)C1CCc2ccccc21. The number of benzene rings is 1. The number of hydrogen-bond acceptors (Lipinski definition) is 1. The molecule has 1 aromatic rings. The molecular weight excluding hydrogens is 206 g/mol. The van der Waals surface area contributed by atoms with E-state index in [0.717, 1.165) is 11.8 Å². The van der Waals surface area contributed by atoms with Gasteiger partial charge >= 0.3 is 0 Å². The minimum absolute atomic E-state index is 0.709. The summed E-state index contributed by atoms with van der Waals surface area (Å²) >= 11 is 0. The average Bonchev–Trinajstić information content (AvgIpc) is 3.01. The van der Waals surface area contributed by atoms with E-state index >= 15 is 0 Å². The Morgan fingerprint density at radius 3 is 2.65 bits per heavy atom. The van der Waals surface area contributed by atoms with Crippen molar-refractivity contribution in [1.82, 2.24) is 5.32 Å². The van der Waals surface area contributed by atoms with Gasteiger partial charge in [-0.3, -0.25) is 0 Å². The third-order valence-electron chi connectivity index (χ3n) is 4.85. The Balaban J connectivity index is 1.84. The summed E-state index contributed by atoms with van der Waals surface area (Å²) in [5.41, 5.74) is 3.22. The molecule has 1 N–H and O–H groups in total. The van der Waals surface area contributed by atoms with E-state index in [0.29, 0.717) is 6.04 Å². The molecule has 0 heterocycles. The highest BCUT2D eigenvalue weighted by molar-refractivity contribution is 5.36. The van der Waals surface area contributed by atoms with Crippen molar-refractivity contribution in [2.75, 3.05) is 7.05 Å². The Labute approximate surface area is 105 Å². The van der Waals surface area contributed by atoms with E-state index in [-0.39, 0.29) is 0 Å². The lowest BCUT2D eigenvalue weighted by molar-refractivity contribution is 0.325. The van der Waals surface area contributed by atoms with Crippen LogP contribution in [-0.2, 0) is 6.42 Å². The normalized spacial score (nSPS) is 26.1. The van der Waals surface area contributed by atoms with Crippen LogP contribution in [0.5, 0.6) is 0 Å². The zero-order valence-electron chi connectivity index (χ0n) is 10.8. The second-order valence-electron chi connectivity index (χ2n) is 5.70. The van der Waals surface area contributed by atoms with Gasteiger partial charge in [-0.05, 0) is 49.8 Å². The number of aryl methyl sites for hydroxylation is 1. The number of hydrogen-bond donors (Lipinski definition) is 1. The standard InChI is InChI=1S/C16H23N/c1-17-16(13-7-2-3-8-13)15-11-10-12-6-4-5-9-14(12)15/h4-6,9,13,15-17H,2-3,7-8,10-11H2,1H3. The first kappa shape index (κ1) is 11.3. The zero-order valence-corrected chi connectivity index (χ0v) is 10.8. The summed E-state index contributed by atoms with van der Waals surface area (Å²) in [5.74, 6) is 1.68. The topological polar surface area (TPSA) is 12.0 Å². The van der Waals surface area contributed by atoms with Crippen LogP contribution in [0.3, 0.4) is 0 Å². The summed E-state index contributed by atoms with van der Waals surface area (Å²) in [5, 5.41) is 3.63. The first-order chi connectivity index (χ1) is 8.40. The quantitative estimate of drug-likeness (QED) is 0.836.